The van der Waals surface area contributed by atoms with Crippen LogP contribution in [-0.2, 0) is 11.4 Å². The number of anilines is 1. The Bertz CT molecular complexity index is 795. The Balaban J connectivity index is 0.00000261. The third-order valence-corrected chi connectivity index (χ3v) is 4.22. The number of carbonyl (C=O) groups is 1. The van der Waals surface area contributed by atoms with Crippen molar-refractivity contribution >= 4 is 24.0 Å². The van der Waals surface area contributed by atoms with E-state index >= 15 is 0 Å². The Hall–Kier alpha value is -2.44. The molecule has 27 heavy (non-hydrogen) atoms. The molecule has 1 heterocycles. The van der Waals surface area contributed by atoms with Crippen molar-refractivity contribution in [1.29, 1.82) is 0 Å². The predicted octanol–water partition coefficient (Wildman–Crippen LogP) is 3.87. The summed E-state index contributed by atoms with van der Waals surface area (Å²) in [5.74, 6) is 1.91. The fourth-order valence-corrected chi connectivity index (χ4v) is 2.78. The summed E-state index contributed by atoms with van der Waals surface area (Å²) in [5, 5.41) is 2.88. The van der Waals surface area contributed by atoms with E-state index in [-0.39, 0.29) is 25.1 Å². The quantitative estimate of drug-likeness (QED) is 0.747. The number of hydrogen-bond acceptors (Lipinski definition) is 5. The van der Waals surface area contributed by atoms with E-state index in [1.807, 2.05) is 43.3 Å². The van der Waals surface area contributed by atoms with Gasteiger partial charge in [-0.2, -0.15) is 0 Å². The molecule has 0 aliphatic carbocycles. The van der Waals surface area contributed by atoms with Gasteiger partial charge in [0.25, 0.3) is 0 Å². The molecule has 0 bridgehead atoms. The number of halogens is 1. The molecule has 1 amide bonds. The van der Waals surface area contributed by atoms with E-state index in [9.17, 15) is 4.79 Å². The van der Waals surface area contributed by atoms with Gasteiger partial charge in [-0.1, -0.05) is 25.5 Å². The Morgan fingerprint density at radius 1 is 1.22 bits per heavy atom. The first-order chi connectivity index (χ1) is 12.5. The van der Waals surface area contributed by atoms with Crippen LogP contribution in [0.1, 0.15) is 32.3 Å². The largest absolute Gasteiger partial charge is 0.489 e. The molecule has 0 fully saturated rings. The lowest BCUT2D eigenvalue weighted by Crippen LogP contribution is -2.48. The molecule has 1 atom stereocenters. The highest BCUT2D eigenvalue weighted by Crippen LogP contribution is 2.35. The normalized spacial score (nSPS) is 14.0. The minimum Gasteiger partial charge on any atom is -0.489 e. The second-order valence-corrected chi connectivity index (χ2v) is 6.63. The molecule has 3 N–H and O–H groups in total. The molecule has 7 heteroatoms. The Morgan fingerprint density at radius 3 is 2.78 bits per heavy atom. The highest BCUT2D eigenvalue weighted by molar-refractivity contribution is 5.97. The maximum Gasteiger partial charge on any atom is 0.244 e. The standard InChI is InChI=1S/C20H24N2O4.ClH/c1-3-9-20(2,21)19(23)22-15-6-4-5-14(10-15)12-24-16-7-8-17-18(11-16)26-13-25-17;/h4-8,10-11H,3,9,12-13,21H2,1-2H3,(H,22,23);1H. The van der Waals surface area contributed by atoms with Gasteiger partial charge in [0, 0.05) is 11.8 Å². The second kappa shape index (κ2) is 8.97. The van der Waals surface area contributed by atoms with Crippen LogP contribution in [0.5, 0.6) is 17.2 Å². The first kappa shape index (κ1) is 20.9. The van der Waals surface area contributed by atoms with Crippen molar-refractivity contribution in [3.05, 3.63) is 48.0 Å². The van der Waals surface area contributed by atoms with Crippen molar-refractivity contribution in [2.45, 2.75) is 38.8 Å². The minimum absolute atomic E-state index is 0. The van der Waals surface area contributed by atoms with Crippen molar-refractivity contribution in [2.75, 3.05) is 12.1 Å². The van der Waals surface area contributed by atoms with Crippen LogP contribution in [0.25, 0.3) is 0 Å². The predicted molar refractivity (Wildman–Crippen MR) is 107 cm³/mol. The number of carbonyl (C=O) groups excluding carboxylic acids is 1. The van der Waals surface area contributed by atoms with Gasteiger partial charge in [0.15, 0.2) is 11.5 Å². The summed E-state index contributed by atoms with van der Waals surface area (Å²) in [6, 6.07) is 13.0. The van der Waals surface area contributed by atoms with E-state index in [0.717, 1.165) is 17.7 Å². The summed E-state index contributed by atoms with van der Waals surface area (Å²) in [4.78, 5) is 12.3. The van der Waals surface area contributed by atoms with Crippen LogP contribution in [-0.4, -0.2) is 18.2 Å². The van der Waals surface area contributed by atoms with Crippen LogP contribution in [0.2, 0.25) is 0 Å². The molecular formula is C20H25ClN2O4. The van der Waals surface area contributed by atoms with Crippen LogP contribution in [0.4, 0.5) is 5.69 Å². The Kier molecular flexibility index (Phi) is 6.93. The summed E-state index contributed by atoms with van der Waals surface area (Å²) in [7, 11) is 0. The van der Waals surface area contributed by atoms with E-state index in [0.29, 0.717) is 30.2 Å². The van der Waals surface area contributed by atoms with Crippen molar-refractivity contribution in [2.24, 2.45) is 5.73 Å². The first-order valence-corrected chi connectivity index (χ1v) is 8.69. The summed E-state index contributed by atoms with van der Waals surface area (Å²) in [5.41, 5.74) is 6.84. The van der Waals surface area contributed by atoms with E-state index in [2.05, 4.69) is 5.32 Å². The summed E-state index contributed by atoms with van der Waals surface area (Å²) < 4.78 is 16.4. The average Bonchev–Trinajstić information content (AvgIpc) is 3.08. The molecule has 2 aromatic rings. The van der Waals surface area contributed by atoms with Gasteiger partial charge in [0.1, 0.15) is 12.4 Å². The number of rotatable bonds is 7. The summed E-state index contributed by atoms with van der Waals surface area (Å²) in [6.07, 6.45) is 1.48. The van der Waals surface area contributed by atoms with Gasteiger partial charge in [0.2, 0.25) is 12.7 Å². The van der Waals surface area contributed by atoms with Crippen LogP contribution >= 0.6 is 12.4 Å². The van der Waals surface area contributed by atoms with Gasteiger partial charge < -0.3 is 25.3 Å². The lowest BCUT2D eigenvalue weighted by molar-refractivity contribution is -0.120. The van der Waals surface area contributed by atoms with Crippen LogP contribution in [0.15, 0.2) is 42.5 Å². The molecule has 0 saturated heterocycles. The zero-order chi connectivity index (χ0) is 18.6. The SMILES string of the molecule is CCCC(C)(N)C(=O)Nc1cccc(COc2ccc3c(c2)OCO3)c1.Cl. The number of fused-ring (bicyclic) bond motifs is 1. The zero-order valence-corrected chi connectivity index (χ0v) is 16.3. The second-order valence-electron chi connectivity index (χ2n) is 6.63. The third-order valence-electron chi connectivity index (χ3n) is 4.22. The van der Waals surface area contributed by atoms with E-state index in [4.69, 9.17) is 19.9 Å². The fourth-order valence-electron chi connectivity index (χ4n) is 2.78. The lowest BCUT2D eigenvalue weighted by atomic mass is 9.96. The van der Waals surface area contributed by atoms with Crippen LogP contribution < -0.4 is 25.3 Å². The Morgan fingerprint density at radius 2 is 2.00 bits per heavy atom. The first-order valence-electron chi connectivity index (χ1n) is 8.69. The zero-order valence-electron chi connectivity index (χ0n) is 15.5. The molecule has 0 saturated carbocycles. The topological polar surface area (TPSA) is 82.8 Å². The average molecular weight is 393 g/mol. The number of amides is 1. The van der Waals surface area contributed by atoms with Gasteiger partial charge in [-0.15, -0.1) is 12.4 Å². The molecule has 0 spiro atoms. The maximum absolute atomic E-state index is 12.3. The summed E-state index contributed by atoms with van der Waals surface area (Å²) >= 11 is 0. The van der Waals surface area contributed by atoms with Gasteiger partial charge >= 0.3 is 0 Å². The smallest absolute Gasteiger partial charge is 0.244 e. The van der Waals surface area contributed by atoms with Crippen molar-refractivity contribution < 1.29 is 19.0 Å². The molecule has 1 aliphatic heterocycles. The molecule has 1 unspecified atom stereocenters. The van der Waals surface area contributed by atoms with Gasteiger partial charge in [-0.25, -0.2) is 0 Å². The van der Waals surface area contributed by atoms with Gasteiger partial charge in [-0.05, 0) is 43.2 Å². The number of benzene rings is 2. The van der Waals surface area contributed by atoms with Crippen LogP contribution in [0, 0.1) is 0 Å². The summed E-state index contributed by atoms with van der Waals surface area (Å²) in [6.45, 7) is 4.36. The van der Waals surface area contributed by atoms with Crippen molar-refractivity contribution in [1.82, 2.24) is 0 Å². The molecule has 6 nitrogen and oxygen atoms in total. The van der Waals surface area contributed by atoms with Gasteiger partial charge in [-0.3, -0.25) is 4.79 Å². The maximum atomic E-state index is 12.3. The third kappa shape index (κ3) is 5.28. The van der Waals surface area contributed by atoms with Crippen molar-refractivity contribution in [3.63, 3.8) is 0 Å². The lowest BCUT2D eigenvalue weighted by Gasteiger charge is -2.23. The number of ether oxygens (including phenoxy) is 3. The number of nitrogens with two attached hydrogens (primary N) is 1. The minimum atomic E-state index is -0.881. The van der Waals surface area contributed by atoms with Crippen molar-refractivity contribution in [3.8, 4) is 17.2 Å². The molecular weight excluding hydrogens is 368 g/mol. The molecule has 3 rings (SSSR count). The number of nitrogens with one attached hydrogen (secondary N) is 1. The molecule has 146 valence electrons. The highest BCUT2D eigenvalue weighted by atomic mass is 35.5. The molecule has 0 aromatic heterocycles. The Labute approximate surface area is 165 Å². The van der Waals surface area contributed by atoms with E-state index in [1.54, 1.807) is 13.0 Å². The molecule has 0 radical (unpaired) electrons. The van der Waals surface area contributed by atoms with Crippen LogP contribution in [0.3, 0.4) is 0 Å². The molecule has 1 aliphatic rings. The number of hydrogen-bond donors (Lipinski definition) is 2. The fraction of sp³-hybridized carbons (Fsp3) is 0.350. The monoisotopic (exact) mass is 392 g/mol. The molecule has 2 aromatic carbocycles. The van der Waals surface area contributed by atoms with Gasteiger partial charge in [0.05, 0.1) is 5.54 Å². The highest BCUT2D eigenvalue weighted by Gasteiger charge is 2.27. The van der Waals surface area contributed by atoms with E-state index < -0.39 is 5.54 Å². The van der Waals surface area contributed by atoms with E-state index in [1.165, 1.54) is 0 Å².